The zero-order valence-electron chi connectivity index (χ0n) is 20.0. The Bertz CT molecular complexity index is 1920. The first-order valence-electron chi connectivity index (χ1n) is 12.0. The van der Waals surface area contributed by atoms with Crippen LogP contribution in [-0.2, 0) is 0 Å². The minimum atomic E-state index is -0.184. The van der Waals surface area contributed by atoms with Crippen molar-refractivity contribution in [2.45, 2.75) is 0 Å². The summed E-state index contributed by atoms with van der Waals surface area (Å²) in [4.78, 5) is 26.3. The van der Waals surface area contributed by atoms with Crippen LogP contribution in [0.25, 0.3) is 54.9 Å². The number of aromatic nitrogens is 5. The summed E-state index contributed by atoms with van der Waals surface area (Å²) in [5.74, 6) is -0.184. The molecule has 0 unspecified atom stereocenters. The van der Waals surface area contributed by atoms with Crippen molar-refractivity contribution in [3.05, 3.63) is 108 Å². The third-order valence-corrected chi connectivity index (χ3v) is 7.39. The largest absolute Gasteiger partial charge is 0.353 e. The predicted octanol–water partition coefficient (Wildman–Crippen LogP) is 7.15. The van der Waals surface area contributed by atoms with E-state index in [2.05, 4.69) is 72.2 Å². The first-order valence-corrected chi connectivity index (χ1v) is 12.9. The summed E-state index contributed by atoms with van der Waals surface area (Å²) >= 11 is 1.73. The van der Waals surface area contributed by atoms with Crippen LogP contribution in [0, 0.1) is 0 Å². The molecule has 0 radical (unpaired) electrons. The van der Waals surface area contributed by atoms with E-state index in [9.17, 15) is 4.79 Å². The van der Waals surface area contributed by atoms with E-state index in [1.165, 1.54) is 10.4 Å². The molecule has 0 saturated carbocycles. The number of carbonyl (C=O) groups excluding carboxylic acids is 1. The molecule has 1 amide bonds. The van der Waals surface area contributed by atoms with Crippen molar-refractivity contribution < 1.29 is 4.79 Å². The molecular weight excluding hydrogens is 492 g/mol. The quantitative estimate of drug-likeness (QED) is 0.228. The van der Waals surface area contributed by atoms with Gasteiger partial charge in [0.15, 0.2) is 5.65 Å². The lowest BCUT2D eigenvalue weighted by atomic mass is 10.1. The minimum Gasteiger partial charge on any atom is -0.353 e. The summed E-state index contributed by atoms with van der Waals surface area (Å²) < 4.78 is 0. The molecule has 5 aromatic heterocycles. The molecule has 0 spiro atoms. The van der Waals surface area contributed by atoms with E-state index in [1.54, 1.807) is 42.1 Å². The fourth-order valence-corrected chi connectivity index (χ4v) is 5.42. The Kier molecular flexibility index (Phi) is 5.30. The number of nitrogens with one attached hydrogen (secondary N) is 3. The van der Waals surface area contributed by atoms with Crippen LogP contribution in [0.5, 0.6) is 0 Å². The van der Waals surface area contributed by atoms with Gasteiger partial charge in [0.2, 0.25) is 0 Å². The topological polar surface area (TPSA) is 99.3 Å². The number of nitrogens with zero attached hydrogens (tertiary/aromatic N) is 3. The Morgan fingerprint density at radius 1 is 0.842 bits per heavy atom. The monoisotopic (exact) mass is 512 g/mol. The van der Waals surface area contributed by atoms with Crippen molar-refractivity contribution >= 4 is 44.9 Å². The van der Waals surface area contributed by atoms with Crippen molar-refractivity contribution in [2.75, 3.05) is 5.32 Å². The molecule has 0 aliphatic heterocycles. The third-order valence-electron chi connectivity index (χ3n) is 6.49. The van der Waals surface area contributed by atoms with Crippen LogP contribution in [-0.4, -0.2) is 31.1 Å². The molecule has 0 saturated heterocycles. The highest BCUT2D eigenvalue weighted by molar-refractivity contribution is 7.13. The van der Waals surface area contributed by atoms with Gasteiger partial charge in [-0.1, -0.05) is 36.4 Å². The van der Waals surface area contributed by atoms with E-state index in [4.69, 9.17) is 0 Å². The third kappa shape index (κ3) is 3.93. The normalized spacial score (nSPS) is 11.3. The van der Waals surface area contributed by atoms with Gasteiger partial charge in [0.25, 0.3) is 5.91 Å². The summed E-state index contributed by atoms with van der Waals surface area (Å²) in [6.07, 6.45) is 5.18. The van der Waals surface area contributed by atoms with Gasteiger partial charge in [0.1, 0.15) is 5.69 Å². The van der Waals surface area contributed by atoms with Gasteiger partial charge in [0.05, 0.1) is 17.6 Å². The lowest BCUT2D eigenvalue weighted by Gasteiger charge is -2.07. The van der Waals surface area contributed by atoms with Crippen LogP contribution in [0.4, 0.5) is 5.69 Å². The molecule has 3 N–H and O–H groups in total. The van der Waals surface area contributed by atoms with Gasteiger partial charge in [0, 0.05) is 55.8 Å². The number of amides is 1. The highest BCUT2D eigenvalue weighted by Crippen LogP contribution is 2.36. The molecule has 7 aromatic rings. The van der Waals surface area contributed by atoms with Crippen LogP contribution in [0.1, 0.15) is 10.4 Å². The van der Waals surface area contributed by atoms with Gasteiger partial charge in [-0.05, 0) is 47.8 Å². The Balaban J connectivity index is 1.25. The fraction of sp³-hybridized carbons (Fsp3) is 0. The second-order valence-corrected chi connectivity index (χ2v) is 9.85. The second-order valence-electron chi connectivity index (χ2n) is 8.90. The van der Waals surface area contributed by atoms with Gasteiger partial charge in [-0.25, -0.2) is 4.98 Å². The van der Waals surface area contributed by atoms with E-state index in [-0.39, 0.29) is 5.91 Å². The highest BCUT2D eigenvalue weighted by atomic mass is 32.1. The van der Waals surface area contributed by atoms with E-state index < -0.39 is 0 Å². The summed E-state index contributed by atoms with van der Waals surface area (Å²) in [7, 11) is 0. The number of anilines is 1. The van der Waals surface area contributed by atoms with Gasteiger partial charge < -0.3 is 10.3 Å². The van der Waals surface area contributed by atoms with Crippen LogP contribution in [0.15, 0.2) is 103 Å². The highest BCUT2D eigenvalue weighted by Gasteiger charge is 2.15. The van der Waals surface area contributed by atoms with E-state index in [0.717, 1.165) is 38.8 Å². The molecule has 8 heteroatoms. The zero-order valence-corrected chi connectivity index (χ0v) is 20.8. The maximum Gasteiger partial charge on any atom is 0.255 e. The number of H-pyrrole nitrogens is 2. The molecule has 7 nitrogen and oxygen atoms in total. The Labute approximate surface area is 221 Å². The van der Waals surface area contributed by atoms with Gasteiger partial charge in [-0.15, -0.1) is 11.3 Å². The number of carbonyl (C=O) groups is 1. The number of hydrogen-bond donors (Lipinski definition) is 3. The zero-order chi connectivity index (χ0) is 25.5. The summed E-state index contributed by atoms with van der Waals surface area (Å²) in [6.45, 7) is 0. The molecule has 5 heterocycles. The number of fused-ring (bicyclic) bond motifs is 2. The first kappa shape index (κ1) is 22.1. The van der Waals surface area contributed by atoms with Crippen molar-refractivity contribution in [3.8, 4) is 33.0 Å². The molecule has 7 rings (SSSR count). The molecule has 0 aliphatic rings. The number of hydrogen-bond acceptors (Lipinski definition) is 5. The maximum absolute atomic E-state index is 12.6. The summed E-state index contributed by atoms with van der Waals surface area (Å²) in [6, 6.07) is 25.7. The summed E-state index contributed by atoms with van der Waals surface area (Å²) in [5.41, 5.74) is 7.57. The fourth-order valence-electron chi connectivity index (χ4n) is 4.66. The number of aromatic amines is 2. The Morgan fingerprint density at radius 2 is 1.74 bits per heavy atom. The number of pyridine rings is 2. The van der Waals surface area contributed by atoms with Gasteiger partial charge >= 0.3 is 0 Å². The smallest absolute Gasteiger partial charge is 0.255 e. The predicted molar refractivity (Wildman–Crippen MR) is 152 cm³/mol. The van der Waals surface area contributed by atoms with Crippen molar-refractivity contribution in [3.63, 3.8) is 0 Å². The minimum absolute atomic E-state index is 0.184. The average Bonchev–Trinajstić information content (AvgIpc) is 3.73. The second kappa shape index (κ2) is 9.10. The molecule has 38 heavy (non-hydrogen) atoms. The van der Waals surface area contributed by atoms with E-state index in [1.807, 2.05) is 30.3 Å². The van der Waals surface area contributed by atoms with Crippen LogP contribution in [0.3, 0.4) is 0 Å². The van der Waals surface area contributed by atoms with Crippen LogP contribution >= 0.6 is 11.3 Å². The SMILES string of the molecule is O=C(Nc1cncc(-c2cnc3[nH]nc(-c4cc5c(-c6cccs6)cccc5[nH]4)c3c2)c1)c1ccccc1. The van der Waals surface area contributed by atoms with Gasteiger partial charge in [-0.2, -0.15) is 5.10 Å². The molecule has 2 aromatic carbocycles. The van der Waals surface area contributed by atoms with Crippen LogP contribution in [0.2, 0.25) is 0 Å². The average molecular weight is 513 g/mol. The van der Waals surface area contributed by atoms with Crippen molar-refractivity contribution in [1.29, 1.82) is 0 Å². The molecule has 0 bridgehead atoms. The molecule has 0 fully saturated rings. The van der Waals surface area contributed by atoms with E-state index >= 15 is 0 Å². The molecule has 0 aliphatic carbocycles. The maximum atomic E-state index is 12.6. The Hall–Kier alpha value is -5.08. The molecule has 182 valence electrons. The number of thiophene rings is 1. The Morgan fingerprint density at radius 3 is 2.61 bits per heavy atom. The summed E-state index contributed by atoms with van der Waals surface area (Å²) in [5, 5.41) is 14.7. The van der Waals surface area contributed by atoms with Gasteiger partial charge in [-0.3, -0.25) is 14.9 Å². The molecule has 0 atom stereocenters. The lowest BCUT2D eigenvalue weighted by Crippen LogP contribution is -2.11. The number of benzene rings is 2. The lowest BCUT2D eigenvalue weighted by molar-refractivity contribution is 0.102. The van der Waals surface area contributed by atoms with Crippen LogP contribution < -0.4 is 5.32 Å². The van der Waals surface area contributed by atoms with Crippen molar-refractivity contribution in [2.24, 2.45) is 0 Å². The van der Waals surface area contributed by atoms with E-state index in [0.29, 0.717) is 16.9 Å². The molecular formula is C30H20N6OS. The first-order chi connectivity index (χ1) is 18.7. The standard InChI is InChI=1S/C30H20N6OS/c37-30(18-6-2-1-3-7-18)33-21-12-19(15-31-17-21)20-13-24-28(35-36-29(24)32-16-20)26-14-23-22(27-10-5-11-38-27)8-4-9-25(23)34-26/h1-17,34H,(H,33,37)(H,32,35,36). The van der Waals surface area contributed by atoms with Crippen molar-refractivity contribution in [1.82, 2.24) is 25.1 Å². The number of rotatable bonds is 5.